The van der Waals surface area contributed by atoms with Gasteiger partial charge in [0.2, 0.25) is 5.82 Å². The molecule has 0 spiro atoms. The fraction of sp³-hybridized carbons (Fsp3) is 0. The predicted octanol–water partition coefficient (Wildman–Crippen LogP) is -0.753. The summed E-state index contributed by atoms with van der Waals surface area (Å²) >= 11 is 0. The molecule has 0 aliphatic heterocycles. The molecule has 0 saturated heterocycles. The summed E-state index contributed by atoms with van der Waals surface area (Å²) in [7, 11) is 0. The van der Waals surface area contributed by atoms with E-state index in [1.165, 1.54) is 6.20 Å². The number of nitrogens with zero attached hydrogens (tertiary/aromatic N) is 3. The van der Waals surface area contributed by atoms with Crippen LogP contribution in [0.4, 0.5) is 0 Å². The highest BCUT2D eigenvalue weighted by atomic mass is 16.1. The topological polar surface area (TPSA) is 92.7 Å². The van der Waals surface area contributed by atoms with Gasteiger partial charge in [-0.1, -0.05) is 0 Å². The summed E-state index contributed by atoms with van der Waals surface area (Å²) in [6.07, 6.45) is 1.19. The molecular formula is C6H3N4O. The summed E-state index contributed by atoms with van der Waals surface area (Å²) in [5.41, 5.74) is 4.79. The molecule has 5 heteroatoms. The van der Waals surface area contributed by atoms with Gasteiger partial charge in [-0.15, -0.1) is 0 Å². The molecule has 11 heavy (non-hydrogen) atoms. The number of nitrogens with two attached hydrogens (primary N) is 1. The number of nitriles is 1. The zero-order valence-electron chi connectivity index (χ0n) is 5.40. The van der Waals surface area contributed by atoms with Crippen LogP contribution in [0.3, 0.4) is 0 Å². The summed E-state index contributed by atoms with van der Waals surface area (Å²) < 4.78 is 0. The molecule has 0 saturated carbocycles. The molecule has 0 aliphatic carbocycles. The maximum absolute atomic E-state index is 10.5. The van der Waals surface area contributed by atoms with E-state index in [0.717, 1.165) is 0 Å². The monoisotopic (exact) mass is 147 g/mol. The number of carbonyl (C=O) groups excluding carboxylic acids is 1. The second-order valence-electron chi connectivity index (χ2n) is 1.66. The van der Waals surface area contributed by atoms with E-state index in [4.69, 9.17) is 11.0 Å². The van der Waals surface area contributed by atoms with Crippen molar-refractivity contribution in [1.82, 2.24) is 9.97 Å². The fourth-order valence-corrected chi connectivity index (χ4v) is 0.502. The average molecular weight is 147 g/mol. The summed E-state index contributed by atoms with van der Waals surface area (Å²) in [5.74, 6) is -0.804. The quantitative estimate of drug-likeness (QED) is 0.565. The zero-order valence-corrected chi connectivity index (χ0v) is 5.40. The number of aromatic nitrogens is 2. The van der Waals surface area contributed by atoms with Gasteiger partial charge in [-0.25, -0.2) is 9.97 Å². The molecule has 1 amide bonds. The van der Waals surface area contributed by atoms with Crippen LogP contribution in [-0.2, 0) is 0 Å². The van der Waals surface area contributed by atoms with Gasteiger partial charge in [0.25, 0.3) is 5.91 Å². The molecule has 1 heterocycles. The van der Waals surface area contributed by atoms with Crippen LogP contribution < -0.4 is 5.73 Å². The number of rotatable bonds is 1. The summed E-state index contributed by atoms with van der Waals surface area (Å²) in [5, 5.41) is 8.30. The Morgan fingerprint density at radius 1 is 1.82 bits per heavy atom. The highest BCUT2D eigenvalue weighted by Gasteiger charge is 2.02. The second-order valence-corrected chi connectivity index (χ2v) is 1.66. The summed E-state index contributed by atoms with van der Waals surface area (Å²) in [4.78, 5) is 17.5. The Kier molecular flexibility index (Phi) is 1.79. The first-order chi connectivity index (χ1) is 5.24. The van der Waals surface area contributed by atoms with Crippen molar-refractivity contribution >= 4 is 5.91 Å². The van der Waals surface area contributed by atoms with Gasteiger partial charge < -0.3 is 5.73 Å². The van der Waals surface area contributed by atoms with Crippen molar-refractivity contribution in [2.45, 2.75) is 0 Å². The van der Waals surface area contributed by atoms with Crippen LogP contribution in [-0.4, -0.2) is 15.9 Å². The van der Waals surface area contributed by atoms with E-state index in [9.17, 15) is 4.79 Å². The second kappa shape index (κ2) is 2.75. The van der Waals surface area contributed by atoms with Gasteiger partial charge in [-0.05, 0) is 0 Å². The first-order valence-electron chi connectivity index (χ1n) is 2.68. The minimum absolute atomic E-state index is 0.0726. The van der Waals surface area contributed by atoms with Gasteiger partial charge in [-0.3, -0.25) is 4.79 Å². The number of amides is 1. The van der Waals surface area contributed by atoms with E-state index in [-0.39, 0.29) is 11.5 Å². The third kappa shape index (κ3) is 1.49. The molecule has 2 N–H and O–H groups in total. The van der Waals surface area contributed by atoms with Crippen LogP contribution in [0.2, 0.25) is 0 Å². The summed E-state index contributed by atoms with van der Waals surface area (Å²) in [6, 6.07) is 4.07. The highest BCUT2D eigenvalue weighted by Crippen LogP contribution is 1.90. The van der Waals surface area contributed by atoms with Crippen LogP contribution in [0.1, 0.15) is 16.3 Å². The normalized spacial score (nSPS) is 8.64. The third-order valence-electron chi connectivity index (χ3n) is 0.939. The smallest absolute Gasteiger partial charge is 0.268 e. The molecule has 5 nitrogen and oxygen atoms in total. The first-order valence-corrected chi connectivity index (χ1v) is 2.68. The number of carbonyl (C=O) groups is 1. The van der Waals surface area contributed by atoms with E-state index < -0.39 is 5.91 Å². The molecule has 0 fully saturated rings. The minimum Gasteiger partial charge on any atom is -0.364 e. The lowest BCUT2D eigenvalue weighted by Gasteiger charge is -1.90. The zero-order chi connectivity index (χ0) is 8.27. The van der Waals surface area contributed by atoms with Gasteiger partial charge in [0.05, 0.1) is 0 Å². The van der Waals surface area contributed by atoms with Gasteiger partial charge in [0.15, 0.2) is 0 Å². The molecule has 1 radical (unpaired) electrons. The maximum Gasteiger partial charge on any atom is 0.268 e. The molecule has 0 bridgehead atoms. The van der Waals surface area contributed by atoms with Crippen LogP contribution in [0.5, 0.6) is 0 Å². The molecule has 1 aromatic rings. The third-order valence-corrected chi connectivity index (χ3v) is 0.939. The van der Waals surface area contributed by atoms with E-state index in [2.05, 4.69) is 16.0 Å². The molecule has 53 valence electrons. The lowest BCUT2D eigenvalue weighted by Crippen LogP contribution is -2.14. The van der Waals surface area contributed by atoms with Crippen molar-refractivity contribution in [2.75, 3.05) is 0 Å². The van der Waals surface area contributed by atoms with Crippen molar-refractivity contribution in [2.24, 2.45) is 5.73 Å². The van der Waals surface area contributed by atoms with E-state index in [1.54, 1.807) is 6.07 Å². The van der Waals surface area contributed by atoms with E-state index in [0.29, 0.717) is 0 Å². The number of hydrogen-bond donors (Lipinski definition) is 1. The fourth-order valence-electron chi connectivity index (χ4n) is 0.502. The molecule has 0 atom stereocenters. The van der Waals surface area contributed by atoms with Crippen LogP contribution in [0, 0.1) is 17.4 Å². The Balaban J connectivity index is 3.13. The summed E-state index contributed by atoms with van der Waals surface area (Å²) in [6.45, 7) is 0. The van der Waals surface area contributed by atoms with Crippen molar-refractivity contribution in [3.8, 4) is 6.07 Å². The Hall–Kier alpha value is -1.96. The largest absolute Gasteiger partial charge is 0.364 e. The average Bonchev–Trinajstić information content (AvgIpc) is 2.05. The molecule has 0 aliphatic rings. The van der Waals surface area contributed by atoms with Crippen molar-refractivity contribution < 1.29 is 4.79 Å². The Labute approximate surface area is 62.5 Å². The van der Waals surface area contributed by atoms with Crippen molar-refractivity contribution in [3.05, 3.63) is 23.8 Å². The van der Waals surface area contributed by atoms with Gasteiger partial charge in [-0.2, -0.15) is 5.26 Å². The Morgan fingerprint density at radius 3 is 3.09 bits per heavy atom. The first kappa shape index (κ1) is 7.15. The highest BCUT2D eigenvalue weighted by molar-refractivity contribution is 5.90. The minimum atomic E-state index is -0.719. The predicted molar refractivity (Wildman–Crippen MR) is 34.1 cm³/mol. The van der Waals surface area contributed by atoms with Gasteiger partial charge >= 0.3 is 0 Å². The lowest BCUT2D eigenvalue weighted by atomic mass is 10.4. The number of hydrogen-bond acceptors (Lipinski definition) is 4. The number of primary amides is 1. The Bertz CT molecular complexity index is 328. The molecular weight excluding hydrogens is 144 g/mol. The molecule has 0 unspecified atom stereocenters. The van der Waals surface area contributed by atoms with Gasteiger partial charge in [0, 0.05) is 12.3 Å². The molecule has 1 aromatic heterocycles. The van der Waals surface area contributed by atoms with E-state index in [1.807, 2.05) is 0 Å². The Morgan fingerprint density at radius 2 is 2.55 bits per heavy atom. The molecule has 1 rings (SSSR count). The van der Waals surface area contributed by atoms with Gasteiger partial charge in [0.1, 0.15) is 11.8 Å². The van der Waals surface area contributed by atoms with Crippen LogP contribution in [0.15, 0.2) is 6.20 Å². The lowest BCUT2D eigenvalue weighted by molar-refractivity contribution is 0.0995. The van der Waals surface area contributed by atoms with Crippen LogP contribution in [0.25, 0.3) is 0 Å². The SMILES string of the molecule is N#Cc1nc[c]c(C(N)=O)n1. The standard InChI is InChI=1S/C6H3N4O/c7-3-5-9-2-1-4(10-5)6(8)11/h2H,(H2,8,11). The van der Waals surface area contributed by atoms with Crippen molar-refractivity contribution in [3.63, 3.8) is 0 Å². The maximum atomic E-state index is 10.5. The van der Waals surface area contributed by atoms with E-state index >= 15 is 0 Å². The van der Waals surface area contributed by atoms with Crippen LogP contribution >= 0.6 is 0 Å². The molecule has 0 aromatic carbocycles. The van der Waals surface area contributed by atoms with Crippen molar-refractivity contribution in [1.29, 1.82) is 5.26 Å².